The van der Waals surface area contributed by atoms with Crippen molar-refractivity contribution >= 4 is 12.0 Å². The fourth-order valence-electron chi connectivity index (χ4n) is 3.10. The molecule has 1 fully saturated rings. The van der Waals surface area contributed by atoms with Gasteiger partial charge < -0.3 is 14.4 Å². The van der Waals surface area contributed by atoms with Crippen LogP contribution in [-0.4, -0.2) is 45.9 Å². The molecule has 1 saturated heterocycles. The van der Waals surface area contributed by atoms with Crippen molar-refractivity contribution in [3.8, 4) is 11.5 Å². The lowest BCUT2D eigenvalue weighted by atomic mass is 9.97. The third-order valence-corrected chi connectivity index (χ3v) is 4.37. The van der Waals surface area contributed by atoms with Crippen LogP contribution in [0.4, 0.5) is 0 Å². The number of H-pyrrole nitrogens is 1. The summed E-state index contributed by atoms with van der Waals surface area (Å²) in [5, 5.41) is 6.80. The summed E-state index contributed by atoms with van der Waals surface area (Å²) in [7, 11) is 0. The largest absolute Gasteiger partial charge is 0.454 e. The zero-order valence-electron chi connectivity index (χ0n) is 13.1. The number of aromatic nitrogens is 3. The molecule has 4 rings (SSSR count). The highest BCUT2D eigenvalue weighted by Crippen LogP contribution is 2.32. The molecule has 0 spiro atoms. The predicted molar refractivity (Wildman–Crippen MR) is 86.5 cm³/mol. The predicted octanol–water partition coefficient (Wildman–Crippen LogP) is 1.95. The van der Waals surface area contributed by atoms with Crippen LogP contribution in [0.3, 0.4) is 0 Å². The van der Waals surface area contributed by atoms with Crippen molar-refractivity contribution in [3.63, 3.8) is 0 Å². The third-order valence-electron chi connectivity index (χ3n) is 4.37. The number of piperidine rings is 1. The number of hydrogen-bond donors (Lipinski definition) is 1. The first-order chi connectivity index (χ1) is 11.8. The van der Waals surface area contributed by atoms with E-state index >= 15 is 0 Å². The monoisotopic (exact) mass is 326 g/mol. The Labute approximate surface area is 139 Å². The number of likely N-dealkylation sites (tertiary alicyclic amines) is 1. The SMILES string of the molecule is O=C(/C=C/c1ccc2c(c1)OCO2)N1CCCC(c2ncn[nH]2)C1. The molecule has 7 heteroatoms. The van der Waals surface area contributed by atoms with E-state index in [1.807, 2.05) is 29.2 Å². The second-order valence-corrected chi connectivity index (χ2v) is 5.94. The van der Waals surface area contributed by atoms with Gasteiger partial charge in [0.15, 0.2) is 11.5 Å². The number of nitrogens with zero attached hydrogens (tertiary/aromatic N) is 3. The quantitative estimate of drug-likeness (QED) is 0.872. The Kier molecular flexibility index (Phi) is 3.90. The fraction of sp³-hybridized carbons (Fsp3) is 0.353. The van der Waals surface area contributed by atoms with Crippen LogP contribution in [-0.2, 0) is 4.79 Å². The van der Waals surface area contributed by atoms with Gasteiger partial charge in [-0.25, -0.2) is 4.98 Å². The van der Waals surface area contributed by atoms with Crippen LogP contribution in [0.1, 0.15) is 30.1 Å². The first kappa shape index (κ1) is 14.7. The number of rotatable bonds is 3. The molecule has 1 N–H and O–H groups in total. The Morgan fingerprint density at radius 2 is 2.25 bits per heavy atom. The topological polar surface area (TPSA) is 80.3 Å². The van der Waals surface area contributed by atoms with Gasteiger partial charge in [-0.1, -0.05) is 6.07 Å². The number of carbonyl (C=O) groups is 1. The van der Waals surface area contributed by atoms with E-state index in [2.05, 4.69) is 15.2 Å². The first-order valence-corrected chi connectivity index (χ1v) is 8.01. The highest BCUT2D eigenvalue weighted by atomic mass is 16.7. The Balaban J connectivity index is 1.42. The number of hydrogen-bond acceptors (Lipinski definition) is 5. The Bertz CT molecular complexity index is 757. The van der Waals surface area contributed by atoms with Crippen LogP contribution in [0.2, 0.25) is 0 Å². The summed E-state index contributed by atoms with van der Waals surface area (Å²) in [5.74, 6) is 2.55. The zero-order valence-corrected chi connectivity index (χ0v) is 13.1. The van der Waals surface area contributed by atoms with Gasteiger partial charge in [-0.2, -0.15) is 5.10 Å². The molecule has 1 unspecified atom stereocenters. The van der Waals surface area contributed by atoms with Crippen molar-refractivity contribution in [2.75, 3.05) is 19.9 Å². The molecular formula is C17H18N4O3. The maximum atomic E-state index is 12.5. The number of aromatic amines is 1. The Hall–Kier alpha value is -2.83. The maximum absolute atomic E-state index is 12.5. The van der Waals surface area contributed by atoms with Gasteiger partial charge in [0, 0.05) is 25.1 Å². The van der Waals surface area contributed by atoms with Crippen molar-refractivity contribution in [2.45, 2.75) is 18.8 Å². The molecule has 24 heavy (non-hydrogen) atoms. The van der Waals surface area contributed by atoms with Crippen molar-refractivity contribution in [2.24, 2.45) is 0 Å². The standard InChI is InChI=1S/C17H18N4O3/c22-16(6-4-12-3-5-14-15(8-12)24-11-23-14)21-7-1-2-13(9-21)17-18-10-19-20-17/h3-6,8,10,13H,1-2,7,9,11H2,(H,18,19,20)/b6-4+. The van der Waals surface area contributed by atoms with E-state index in [1.54, 1.807) is 6.08 Å². The normalized spacial score (nSPS) is 19.8. The van der Waals surface area contributed by atoms with Crippen molar-refractivity contribution < 1.29 is 14.3 Å². The fourth-order valence-corrected chi connectivity index (χ4v) is 3.10. The Morgan fingerprint density at radius 3 is 3.12 bits per heavy atom. The number of ether oxygens (including phenoxy) is 2. The number of carbonyl (C=O) groups excluding carboxylic acids is 1. The van der Waals surface area contributed by atoms with E-state index in [0.29, 0.717) is 12.3 Å². The summed E-state index contributed by atoms with van der Waals surface area (Å²) in [5.41, 5.74) is 0.913. The molecule has 7 nitrogen and oxygen atoms in total. The van der Waals surface area contributed by atoms with E-state index < -0.39 is 0 Å². The summed E-state index contributed by atoms with van der Waals surface area (Å²) < 4.78 is 10.6. The van der Waals surface area contributed by atoms with E-state index in [0.717, 1.165) is 36.5 Å². The number of amides is 1. The molecule has 1 amide bonds. The number of fused-ring (bicyclic) bond motifs is 1. The van der Waals surface area contributed by atoms with Crippen molar-refractivity contribution in [1.82, 2.24) is 20.1 Å². The van der Waals surface area contributed by atoms with E-state index in [1.165, 1.54) is 6.33 Å². The summed E-state index contributed by atoms with van der Waals surface area (Å²) in [6.45, 7) is 1.69. The minimum absolute atomic E-state index is 0.0110. The van der Waals surface area contributed by atoms with E-state index in [4.69, 9.17) is 9.47 Å². The molecular weight excluding hydrogens is 308 g/mol. The molecule has 2 aromatic rings. The summed E-state index contributed by atoms with van der Waals surface area (Å²) in [6.07, 6.45) is 6.91. The Morgan fingerprint density at radius 1 is 1.33 bits per heavy atom. The molecule has 1 aromatic heterocycles. The van der Waals surface area contributed by atoms with Gasteiger partial charge in [-0.15, -0.1) is 0 Å². The minimum Gasteiger partial charge on any atom is -0.454 e. The molecule has 3 heterocycles. The van der Waals surface area contributed by atoms with Gasteiger partial charge in [-0.3, -0.25) is 9.89 Å². The van der Waals surface area contributed by atoms with Crippen LogP contribution >= 0.6 is 0 Å². The molecule has 0 radical (unpaired) electrons. The van der Waals surface area contributed by atoms with E-state index in [-0.39, 0.29) is 18.6 Å². The molecule has 0 saturated carbocycles. The van der Waals surface area contributed by atoms with Crippen LogP contribution in [0, 0.1) is 0 Å². The smallest absolute Gasteiger partial charge is 0.246 e. The minimum atomic E-state index is 0.0110. The van der Waals surface area contributed by atoms with Crippen molar-refractivity contribution in [3.05, 3.63) is 42.0 Å². The van der Waals surface area contributed by atoms with Crippen LogP contribution in [0.25, 0.3) is 6.08 Å². The van der Waals surface area contributed by atoms with Gasteiger partial charge in [0.2, 0.25) is 12.7 Å². The van der Waals surface area contributed by atoms with Crippen LogP contribution in [0.5, 0.6) is 11.5 Å². The molecule has 2 aliphatic rings. The molecule has 1 aromatic carbocycles. The lowest BCUT2D eigenvalue weighted by Crippen LogP contribution is -2.38. The van der Waals surface area contributed by atoms with Gasteiger partial charge in [0.25, 0.3) is 0 Å². The summed E-state index contributed by atoms with van der Waals surface area (Å²) in [6, 6.07) is 5.64. The zero-order chi connectivity index (χ0) is 16.4. The number of benzene rings is 1. The first-order valence-electron chi connectivity index (χ1n) is 8.01. The summed E-state index contributed by atoms with van der Waals surface area (Å²) in [4.78, 5) is 18.5. The van der Waals surface area contributed by atoms with Crippen LogP contribution < -0.4 is 9.47 Å². The van der Waals surface area contributed by atoms with Gasteiger partial charge >= 0.3 is 0 Å². The molecule has 2 aliphatic heterocycles. The second-order valence-electron chi connectivity index (χ2n) is 5.94. The lowest BCUT2D eigenvalue weighted by molar-refractivity contribution is -0.127. The highest BCUT2D eigenvalue weighted by Gasteiger charge is 2.25. The average Bonchev–Trinajstić information content (AvgIpc) is 3.30. The molecule has 0 aliphatic carbocycles. The van der Waals surface area contributed by atoms with Gasteiger partial charge in [0.05, 0.1) is 0 Å². The summed E-state index contributed by atoms with van der Waals surface area (Å²) >= 11 is 0. The lowest BCUT2D eigenvalue weighted by Gasteiger charge is -2.30. The average molecular weight is 326 g/mol. The second kappa shape index (κ2) is 6.35. The number of nitrogens with one attached hydrogen (secondary N) is 1. The van der Waals surface area contributed by atoms with Crippen LogP contribution in [0.15, 0.2) is 30.6 Å². The third kappa shape index (κ3) is 2.97. The highest BCUT2D eigenvalue weighted by molar-refractivity contribution is 5.92. The van der Waals surface area contributed by atoms with Crippen molar-refractivity contribution in [1.29, 1.82) is 0 Å². The molecule has 0 bridgehead atoms. The van der Waals surface area contributed by atoms with E-state index in [9.17, 15) is 4.79 Å². The maximum Gasteiger partial charge on any atom is 0.246 e. The molecule has 1 atom stereocenters. The molecule has 124 valence electrons. The van der Waals surface area contributed by atoms with Gasteiger partial charge in [0.1, 0.15) is 12.2 Å². The van der Waals surface area contributed by atoms with Gasteiger partial charge in [-0.05, 0) is 36.6 Å².